The second-order valence-corrected chi connectivity index (χ2v) is 6.76. The number of hydrogen-bond donors (Lipinski definition) is 1. The van der Waals surface area contributed by atoms with E-state index >= 15 is 0 Å². The van der Waals surface area contributed by atoms with E-state index in [0.717, 1.165) is 12.1 Å². The zero-order valence-electron chi connectivity index (χ0n) is 9.70. The lowest BCUT2D eigenvalue weighted by atomic mass is 10.3. The molecule has 2 aromatic carbocycles. The Bertz CT molecular complexity index is 768. The van der Waals surface area contributed by atoms with Gasteiger partial charge in [0.15, 0.2) is 11.6 Å². The van der Waals surface area contributed by atoms with Crippen molar-refractivity contribution < 1.29 is 17.2 Å². The summed E-state index contributed by atoms with van der Waals surface area (Å²) in [4.78, 5) is -0.231. The summed E-state index contributed by atoms with van der Waals surface area (Å²) in [5.41, 5.74) is -0.482. The predicted molar refractivity (Wildman–Crippen MR) is 76.3 cm³/mol. The van der Waals surface area contributed by atoms with Gasteiger partial charge in [0.05, 0.1) is 10.7 Å². The monoisotopic (exact) mass is 381 g/mol. The summed E-state index contributed by atoms with van der Waals surface area (Å²) in [6.07, 6.45) is 0. The molecule has 0 fully saturated rings. The minimum atomic E-state index is -4.11. The fourth-order valence-corrected chi connectivity index (χ4v) is 3.57. The van der Waals surface area contributed by atoms with E-state index in [4.69, 9.17) is 11.6 Å². The largest absolute Gasteiger partial charge is 0.276 e. The Hall–Kier alpha value is -1.18. The minimum absolute atomic E-state index is 0.0383. The Morgan fingerprint density at radius 3 is 2.50 bits per heavy atom. The summed E-state index contributed by atoms with van der Waals surface area (Å²) >= 11 is 8.98. The molecule has 0 aliphatic rings. The van der Waals surface area contributed by atoms with Gasteiger partial charge in [0.1, 0.15) is 4.90 Å². The first-order valence-electron chi connectivity index (χ1n) is 5.23. The number of hydrogen-bond acceptors (Lipinski definition) is 2. The van der Waals surface area contributed by atoms with Gasteiger partial charge in [-0.2, -0.15) is 0 Å². The van der Waals surface area contributed by atoms with Gasteiger partial charge in [-0.1, -0.05) is 33.6 Å². The number of rotatable bonds is 3. The van der Waals surface area contributed by atoms with Gasteiger partial charge in [0.25, 0.3) is 10.0 Å². The standard InChI is InChI=1S/C12H7BrClF2NO2S/c13-7-4-5-11(8(14)6-7)20(18,19)17-10-3-1-2-9(15)12(10)16/h1-6,17H. The van der Waals surface area contributed by atoms with Crippen LogP contribution in [0.2, 0.25) is 5.02 Å². The lowest BCUT2D eigenvalue weighted by Crippen LogP contribution is -2.14. The molecule has 106 valence electrons. The van der Waals surface area contributed by atoms with Crippen molar-refractivity contribution in [3.05, 3.63) is 57.5 Å². The van der Waals surface area contributed by atoms with Gasteiger partial charge in [-0.25, -0.2) is 17.2 Å². The van der Waals surface area contributed by atoms with E-state index in [-0.39, 0.29) is 9.92 Å². The van der Waals surface area contributed by atoms with Crippen LogP contribution in [0.4, 0.5) is 14.5 Å². The zero-order chi connectivity index (χ0) is 14.9. The highest BCUT2D eigenvalue weighted by atomic mass is 79.9. The average molecular weight is 383 g/mol. The van der Waals surface area contributed by atoms with Crippen molar-refractivity contribution in [2.75, 3.05) is 4.72 Å². The average Bonchev–Trinajstić information content (AvgIpc) is 2.34. The van der Waals surface area contributed by atoms with Gasteiger partial charge in [-0.05, 0) is 30.3 Å². The molecule has 0 spiro atoms. The van der Waals surface area contributed by atoms with Gasteiger partial charge in [-0.3, -0.25) is 4.72 Å². The predicted octanol–water partition coefficient (Wildman–Crippen LogP) is 4.18. The van der Waals surface area contributed by atoms with Crippen LogP contribution in [0.1, 0.15) is 0 Å². The maximum atomic E-state index is 13.5. The smallest absolute Gasteiger partial charge is 0.263 e. The molecule has 0 atom stereocenters. The van der Waals surface area contributed by atoms with Crippen molar-refractivity contribution in [1.82, 2.24) is 0 Å². The third-order valence-electron chi connectivity index (χ3n) is 2.38. The fraction of sp³-hybridized carbons (Fsp3) is 0. The molecule has 8 heteroatoms. The number of nitrogens with one attached hydrogen (secondary N) is 1. The molecule has 1 N–H and O–H groups in total. The van der Waals surface area contributed by atoms with Gasteiger partial charge in [-0.15, -0.1) is 0 Å². The third kappa shape index (κ3) is 3.11. The Morgan fingerprint density at radius 2 is 1.85 bits per heavy atom. The molecule has 0 bridgehead atoms. The van der Waals surface area contributed by atoms with E-state index in [0.29, 0.717) is 4.47 Å². The van der Waals surface area contributed by atoms with Crippen LogP contribution in [0, 0.1) is 11.6 Å². The SMILES string of the molecule is O=S(=O)(Nc1cccc(F)c1F)c1ccc(Br)cc1Cl. The van der Waals surface area contributed by atoms with Crippen LogP contribution in [-0.4, -0.2) is 8.42 Å². The molecule has 20 heavy (non-hydrogen) atoms. The molecule has 0 saturated carbocycles. The first-order valence-corrected chi connectivity index (χ1v) is 7.88. The number of benzene rings is 2. The minimum Gasteiger partial charge on any atom is -0.276 e. The van der Waals surface area contributed by atoms with Crippen LogP contribution >= 0.6 is 27.5 Å². The zero-order valence-corrected chi connectivity index (χ0v) is 12.9. The van der Waals surface area contributed by atoms with Crippen LogP contribution in [-0.2, 0) is 10.0 Å². The highest BCUT2D eigenvalue weighted by molar-refractivity contribution is 9.10. The molecule has 0 aromatic heterocycles. The molecule has 0 unspecified atom stereocenters. The highest BCUT2D eigenvalue weighted by Crippen LogP contribution is 2.28. The van der Waals surface area contributed by atoms with E-state index < -0.39 is 27.3 Å². The van der Waals surface area contributed by atoms with Crippen LogP contribution in [0.15, 0.2) is 45.8 Å². The maximum absolute atomic E-state index is 13.5. The number of halogens is 4. The first kappa shape index (κ1) is 15.2. The molecular formula is C12H7BrClF2NO2S. The Labute approximate surface area is 127 Å². The van der Waals surface area contributed by atoms with Crippen molar-refractivity contribution in [1.29, 1.82) is 0 Å². The van der Waals surface area contributed by atoms with Crippen molar-refractivity contribution in [3.8, 4) is 0 Å². The third-order valence-corrected chi connectivity index (χ3v) is 4.72. The molecule has 2 rings (SSSR count). The maximum Gasteiger partial charge on any atom is 0.263 e. The number of anilines is 1. The van der Waals surface area contributed by atoms with Gasteiger partial charge in [0, 0.05) is 4.47 Å². The van der Waals surface area contributed by atoms with Crippen LogP contribution in [0.3, 0.4) is 0 Å². The highest BCUT2D eigenvalue weighted by Gasteiger charge is 2.20. The summed E-state index contributed by atoms with van der Waals surface area (Å²) in [7, 11) is -4.11. The van der Waals surface area contributed by atoms with Crippen molar-refractivity contribution in [3.63, 3.8) is 0 Å². The summed E-state index contributed by atoms with van der Waals surface area (Å²) in [5, 5.41) is -0.0383. The lowest BCUT2D eigenvalue weighted by molar-refractivity contribution is 0.511. The molecular weight excluding hydrogens is 376 g/mol. The van der Waals surface area contributed by atoms with Gasteiger partial charge >= 0.3 is 0 Å². The van der Waals surface area contributed by atoms with Crippen LogP contribution < -0.4 is 4.72 Å². The Morgan fingerprint density at radius 1 is 1.15 bits per heavy atom. The van der Waals surface area contributed by atoms with Gasteiger partial charge < -0.3 is 0 Å². The molecule has 0 radical (unpaired) electrons. The number of sulfonamides is 1. The lowest BCUT2D eigenvalue weighted by Gasteiger charge is -2.10. The second-order valence-electron chi connectivity index (χ2n) is 3.78. The normalized spacial score (nSPS) is 11.4. The van der Waals surface area contributed by atoms with Crippen molar-refractivity contribution >= 4 is 43.2 Å². The van der Waals surface area contributed by atoms with E-state index in [1.54, 1.807) is 0 Å². The fourth-order valence-electron chi connectivity index (χ4n) is 1.48. The van der Waals surface area contributed by atoms with E-state index in [9.17, 15) is 17.2 Å². The Kier molecular flexibility index (Phi) is 4.31. The first-order chi connectivity index (χ1) is 9.31. The van der Waals surface area contributed by atoms with E-state index in [1.165, 1.54) is 24.3 Å². The van der Waals surface area contributed by atoms with Gasteiger partial charge in [0.2, 0.25) is 0 Å². The molecule has 0 aliphatic carbocycles. The Balaban J connectivity index is 2.44. The second kappa shape index (κ2) is 5.67. The van der Waals surface area contributed by atoms with E-state index in [1.807, 2.05) is 4.72 Å². The van der Waals surface area contributed by atoms with E-state index in [2.05, 4.69) is 15.9 Å². The topological polar surface area (TPSA) is 46.2 Å². The molecule has 2 aromatic rings. The summed E-state index contributed by atoms with van der Waals surface area (Å²) in [5.74, 6) is -2.42. The summed E-state index contributed by atoms with van der Waals surface area (Å²) < 4.78 is 53.3. The van der Waals surface area contributed by atoms with Crippen LogP contribution in [0.5, 0.6) is 0 Å². The molecule has 0 aliphatic heterocycles. The molecule has 3 nitrogen and oxygen atoms in total. The molecule has 0 saturated heterocycles. The molecule has 0 amide bonds. The van der Waals surface area contributed by atoms with Crippen molar-refractivity contribution in [2.24, 2.45) is 0 Å². The van der Waals surface area contributed by atoms with Crippen LogP contribution in [0.25, 0.3) is 0 Å². The van der Waals surface area contributed by atoms with Crippen molar-refractivity contribution in [2.45, 2.75) is 4.90 Å². The quantitative estimate of drug-likeness (QED) is 0.865. The summed E-state index contributed by atoms with van der Waals surface area (Å²) in [6.45, 7) is 0. The molecule has 0 heterocycles. The summed E-state index contributed by atoms with van der Waals surface area (Å²) in [6, 6.07) is 7.31.